The van der Waals surface area contributed by atoms with E-state index in [0.29, 0.717) is 11.8 Å². The molecule has 118 valence electrons. The van der Waals surface area contributed by atoms with Gasteiger partial charge in [0.2, 0.25) is 5.95 Å². The molecule has 0 fully saturated rings. The Kier molecular flexibility index (Phi) is 3.76. The summed E-state index contributed by atoms with van der Waals surface area (Å²) in [5, 5.41) is 0. The van der Waals surface area contributed by atoms with E-state index < -0.39 is 29.0 Å². The zero-order valence-electron chi connectivity index (χ0n) is 11.0. The summed E-state index contributed by atoms with van der Waals surface area (Å²) in [5.74, 6) is -0.261. The lowest BCUT2D eigenvalue weighted by Gasteiger charge is -2.16. The highest BCUT2D eigenvalue weighted by Gasteiger charge is 2.38. The number of halogens is 6. The Morgan fingerprint density at radius 1 is 0.909 bits per heavy atom. The predicted molar refractivity (Wildman–Crippen MR) is 66.6 cm³/mol. The molecular formula is C13H9F6N3. The van der Waals surface area contributed by atoms with Gasteiger partial charge in [-0.25, -0.2) is 9.97 Å². The zero-order valence-corrected chi connectivity index (χ0v) is 11.0. The first kappa shape index (κ1) is 16.1. The van der Waals surface area contributed by atoms with Crippen LogP contribution in [0.5, 0.6) is 0 Å². The van der Waals surface area contributed by atoms with Crippen molar-refractivity contribution in [2.45, 2.75) is 19.3 Å². The van der Waals surface area contributed by atoms with Crippen LogP contribution in [0.15, 0.2) is 24.3 Å². The molecule has 22 heavy (non-hydrogen) atoms. The molecule has 0 saturated carbocycles. The lowest BCUT2D eigenvalue weighted by atomic mass is 10.00. The molecule has 0 unspecified atom stereocenters. The second-order valence-electron chi connectivity index (χ2n) is 4.51. The van der Waals surface area contributed by atoms with Crippen LogP contribution in [0.2, 0.25) is 0 Å². The molecule has 2 aromatic rings. The number of anilines is 1. The molecule has 1 aromatic heterocycles. The molecule has 2 N–H and O–H groups in total. The first-order valence-electron chi connectivity index (χ1n) is 5.88. The largest absolute Gasteiger partial charge is 0.417 e. The quantitative estimate of drug-likeness (QED) is 0.806. The van der Waals surface area contributed by atoms with E-state index in [-0.39, 0.29) is 17.7 Å². The molecule has 0 atom stereocenters. The van der Waals surface area contributed by atoms with Crippen molar-refractivity contribution in [1.29, 1.82) is 0 Å². The molecule has 0 bridgehead atoms. The lowest BCUT2D eigenvalue weighted by molar-refractivity contribution is -0.142. The van der Waals surface area contributed by atoms with Gasteiger partial charge in [-0.1, -0.05) is 6.07 Å². The Balaban J connectivity index is 2.70. The number of rotatable bonds is 1. The summed E-state index contributed by atoms with van der Waals surface area (Å²) in [6, 6.07) is 2.57. The van der Waals surface area contributed by atoms with Gasteiger partial charge in [0.1, 0.15) is 0 Å². The SMILES string of the molecule is Cc1cc(-c2ccc(C(F)(F)F)cc2C(F)(F)F)nc(N)n1. The van der Waals surface area contributed by atoms with Crippen LogP contribution < -0.4 is 5.73 Å². The molecule has 0 aliphatic heterocycles. The number of nitrogens with two attached hydrogens (primary N) is 1. The molecule has 0 radical (unpaired) electrons. The molecule has 9 heteroatoms. The maximum atomic E-state index is 13.1. The summed E-state index contributed by atoms with van der Waals surface area (Å²) in [7, 11) is 0. The monoisotopic (exact) mass is 321 g/mol. The van der Waals surface area contributed by atoms with Gasteiger partial charge in [-0.2, -0.15) is 26.3 Å². The third-order valence-electron chi connectivity index (χ3n) is 2.80. The summed E-state index contributed by atoms with van der Waals surface area (Å²) in [6.07, 6.45) is -9.84. The molecule has 0 aliphatic rings. The normalized spacial score (nSPS) is 12.5. The molecule has 0 spiro atoms. The summed E-state index contributed by atoms with van der Waals surface area (Å²) in [4.78, 5) is 7.37. The maximum Gasteiger partial charge on any atom is 0.417 e. The number of alkyl halides is 6. The van der Waals surface area contributed by atoms with E-state index in [4.69, 9.17) is 5.73 Å². The Morgan fingerprint density at radius 2 is 1.55 bits per heavy atom. The van der Waals surface area contributed by atoms with Crippen LogP contribution >= 0.6 is 0 Å². The third-order valence-corrected chi connectivity index (χ3v) is 2.80. The number of nitrogens with zero attached hydrogens (tertiary/aromatic N) is 2. The summed E-state index contributed by atoms with van der Waals surface area (Å²) in [6.45, 7) is 1.49. The van der Waals surface area contributed by atoms with Crippen molar-refractivity contribution in [3.63, 3.8) is 0 Å². The smallest absolute Gasteiger partial charge is 0.368 e. The second-order valence-corrected chi connectivity index (χ2v) is 4.51. The Bertz CT molecular complexity index is 686. The number of aromatic nitrogens is 2. The van der Waals surface area contributed by atoms with Gasteiger partial charge in [0.05, 0.1) is 16.8 Å². The summed E-state index contributed by atoms with van der Waals surface area (Å²) >= 11 is 0. The minimum absolute atomic E-state index is 0.0585. The van der Waals surface area contributed by atoms with Gasteiger partial charge in [-0.15, -0.1) is 0 Å². The van der Waals surface area contributed by atoms with Crippen LogP contribution in [0.25, 0.3) is 11.3 Å². The second kappa shape index (κ2) is 5.15. The summed E-state index contributed by atoms with van der Waals surface area (Å²) in [5.41, 5.74) is 2.18. The number of benzene rings is 1. The topological polar surface area (TPSA) is 51.8 Å². The van der Waals surface area contributed by atoms with Crippen molar-refractivity contribution in [2.24, 2.45) is 0 Å². The van der Waals surface area contributed by atoms with Crippen molar-refractivity contribution in [2.75, 3.05) is 5.73 Å². The minimum atomic E-state index is -4.97. The third kappa shape index (κ3) is 3.29. The van der Waals surface area contributed by atoms with E-state index in [1.165, 1.54) is 13.0 Å². The van der Waals surface area contributed by atoms with Gasteiger partial charge < -0.3 is 5.73 Å². The standard InChI is InChI=1S/C13H9F6N3/c1-6-4-10(22-11(20)21-6)8-3-2-7(12(14,15)16)5-9(8)13(17,18)19/h2-5H,1H3,(H2,20,21,22). The molecular weight excluding hydrogens is 312 g/mol. The van der Waals surface area contributed by atoms with E-state index in [0.717, 1.165) is 6.07 Å². The molecule has 0 amide bonds. The van der Waals surface area contributed by atoms with E-state index in [9.17, 15) is 26.3 Å². The first-order chi connectivity index (χ1) is 9.98. The average molecular weight is 321 g/mol. The Morgan fingerprint density at radius 3 is 2.05 bits per heavy atom. The number of nitrogen functional groups attached to an aromatic ring is 1. The van der Waals surface area contributed by atoms with Crippen LogP contribution in [0.3, 0.4) is 0 Å². The number of aryl methyl sites for hydroxylation is 1. The van der Waals surface area contributed by atoms with Crippen LogP contribution in [0.1, 0.15) is 16.8 Å². The van der Waals surface area contributed by atoms with Crippen LogP contribution in [0, 0.1) is 6.92 Å². The average Bonchev–Trinajstić information content (AvgIpc) is 2.34. The summed E-state index contributed by atoms with van der Waals surface area (Å²) < 4.78 is 77.0. The van der Waals surface area contributed by atoms with Gasteiger partial charge in [0.25, 0.3) is 0 Å². The predicted octanol–water partition coefficient (Wildman–Crippen LogP) is 4.07. The van der Waals surface area contributed by atoms with Gasteiger partial charge in [-0.05, 0) is 25.1 Å². The lowest BCUT2D eigenvalue weighted by Crippen LogP contribution is -2.12. The maximum absolute atomic E-state index is 13.1. The van der Waals surface area contributed by atoms with Crippen LogP contribution in [-0.4, -0.2) is 9.97 Å². The highest BCUT2D eigenvalue weighted by molar-refractivity contribution is 5.66. The van der Waals surface area contributed by atoms with E-state index in [1.54, 1.807) is 0 Å². The fourth-order valence-corrected chi connectivity index (χ4v) is 1.91. The van der Waals surface area contributed by atoms with Gasteiger partial charge in [-0.3, -0.25) is 0 Å². The Labute approximate surface area is 120 Å². The van der Waals surface area contributed by atoms with Crippen molar-refractivity contribution in [1.82, 2.24) is 9.97 Å². The van der Waals surface area contributed by atoms with Crippen molar-refractivity contribution < 1.29 is 26.3 Å². The van der Waals surface area contributed by atoms with Crippen LogP contribution in [-0.2, 0) is 12.4 Å². The molecule has 0 aliphatic carbocycles. The van der Waals surface area contributed by atoms with Gasteiger partial charge >= 0.3 is 12.4 Å². The minimum Gasteiger partial charge on any atom is -0.368 e. The molecule has 1 aromatic carbocycles. The van der Waals surface area contributed by atoms with Crippen molar-refractivity contribution in [3.05, 3.63) is 41.1 Å². The van der Waals surface area contributed by atoms with Crippen molar-refractivity contribution >= 4 is 5.95 Å². The molecule has 3 nitrogen and oxygen atoms in total. The molecule has 2 rings (SSSR count). The molecule has 1 heterocycles. The Hall–Kier alpha value is -2.32. The van der Waals surface area contributed by atoms with Gasteiger partial charge in [0.15, 0.2) is 0 Å². The van der Waals surface area contributed by atoms with E-state index >= 15 is 0 Å². The molecule has 0 saturated heterocycles. The first-order valence-corrected chi connectivity index (χ1v) is 5.88. The zero-order chi connectivity index (χ0) is 16.7. The fraction of sp³-hybridized carbons (Fsp3) is 0.231. The highest BCUT2D eigenvalue weighted by Crippen LogP contribution is 2.40. The highest BCUT2D eigenvalue weighted by atomic mass is 19.4. The van der Waals surface area contributed by atoms with E-state index in [2.05, 4.69) is 9.97 Å². The van der Waals surface area contributed by atoms with Gasteiger partial charge in [0, 0.05) is 11.3 Å². The van der Waals surface area contributed by atoms with Crippen molar-refractivity contribution in [3.8, 4) is 11.3 Å². The number of hydrogen-bond acceptors (Lipinski definition) is 3. The van der Waals surface area contributed by atoms with E-state index in [1.807, 2.05) is 0 Å². The van der Waals surface area contributed by atoms with Crippen LogP contribution in [0.4, 0.5) is 32.3 Å². The fourth-order valence-electron chi connectivity index (χ4n) is 1.91. The number of hydrogen-bond donors (Lipinski definition) is 1.